The van der Waals surface area contributed by atoms with Gasteiger partial charge < -0.3 is 10.3 Å². The molecule has 1 unspecified atom stereocenters. The van der Waals surface area contributed by atoms with Crippen molar-refractivity contribution in [1.82, 2.24) is 10.1 Å². The average Bonchev–Trinajstić information content (AvgIpc) is 2.91. The van der Waals surface area contributed by atoms with E-state index in [0.717, 1.165) is 48.3 Å². The number of aryl methyl sites for hydroxylation is 1. The Labute approximate surface area is 120 Å². The fourth-order valence-corrected chi connectivity index (χ4v) is 5.38. The molecule has 1 atom stereocenters. The molecule has 0 amide bonds. The Bertz CT molecular complexity index is 456. The summed E-state index contributed by atoms with van der Waals surface area (Å²) in [5, 5.41) is 4.06. The van der Waals surface area contributed by atoms with Crippen molar-refractivity contribution in [1.29, 1.82) is 0 Å². The summed E-state index contributed by atoms with van der Waals surface area (Å²) in [6.07, 6.45) is 9.17. The van der Waals surface area contributed by atoms with E-state index in [1.165, 1.54) is 32.1 Å². The lowest BCUT2D eigenvalue weighted by Crippen LogP contribution is -2.45. The lowest BCUT2D eigenvalue weighted by Gasteiger charge is -2.55. The number of hydrogen-bond acceptors (Lipinski definition) is 4. The maximum absolute atomic E-state index is 6.36. The van der Waals surface area contributed by atoms with E-state index in [-0.39, 0.29) is 6.04 Å². The quantitative estimate of drug-likeness (QED) is 0.917. The van der Waals surface area contributed by atoms with Gasteiger partial charge in [-0.1, -0.05) is 12.1 Å². The molecule has 4 heteroatoms. The van der Waals surface area contributed by atoms with Gasteiger partial charge in [0.25, 0.3) is 0 Å². The molecule has 4 aliphatic carbocycles. The first-order chi connectivity index (χ1) is 9.72. The largest absolute Gasteiger partial charge is 0.339 e. The van der Waals surface area contributed by atoms with E-state index in [4.69, 9.17) is 10.3 Å². The molecule has 110 valence electrons. The van der Waals surface area contributed by atoms with Gasteiger partial charge in [-0.2, -0.15) is 4.98 Å². The minimum Gasteiger partial charge on any atom is -0.339 e. The molecule has 4 saturated carbocycles. The van der Waals surface area contributed by atoms with Crippen LogP contribution >= 0.6 is 0 Å². The van der Waals surface area contributed by atoms with E-state index in [9.17, 15) is 0 Å². The average molecular weight is 275 g/mol. The number of aromatic nitrogens is 2. The topological polar surface area (TPSA) is 64.9 Å². The second-order valence-electron chi connectivity index (χ2n) is 7.34. The maximum Gasteiger partial charge on any atom is 0.226 e. The minimum atomic E-state index is -0.0402. The van der Waals surface area contributed by atoms with Crippen molar-refractivity contribution < 1.29 is 4.52 Å². The van der Waals surface area contributed by atoms with Crippen molar-refractivity contribution in [3.05, 3.63) is 11.7 Å². The van der Waals surface area contributed by atoms with Crippen LogP contribution in [0.15, 0.2) is 4.52 Å². The molecule has 0 spiro atoms. The molecule has 5 rings (SSSR count). The Kier molecular flexibility index (Phi) is 3.09. The van der Waals surface area contributed by atoms with Crippen LogP contribution in [0.5, 0.6) is 0 Å². The minimum absolute atomic E-state index is 0.0402. The summed E-state index contributed by atoms with van der Waals surface area (Å²) in [4.78, 5) is 4.41. The Morgan fingerprint density at radius 1 is 1.15 bits per heavy atom. The number of nitrogens with two attached hydrogens (primary N) is 1. The zero-order valence-corrected chi connectivity index (χ0v) is 12.3. The van der Waals surface area contributed by atoms with Gasteiger partial charge in [-0.05, 0) is 68.1 Å². The fraction of sp³-hybridized carbons (Fsp3) is 0.875. The van der Waals surface area contributed by atoms with E-state index in [1.807, 2.05) is 6.92 Å². The van der Waals surface area contributed by atoms with E-state index in [0.29, 0.717) is 5.89 Å². The molecule has 0 aliphatic heterocycles. The van der Waals surface area contributed by atoms with Crippen molar-refractivity contribution in [3.63, 3.8) is 0 Å². The molecule has 0 saturated heterocycles. The summed E-state index contributed by atoms with van der Waals surface area (Å²) >= 11 is 0. The lowest BCUT2D eigenvalue weighted by atomic mass is 9.51. The van der Waals surface area contributed by atoms with Crippen LogP contribution in [-0.2, 0) is 6.42 Å². The van der Waals surface area contributed by atoms with Gasteiger partial charge in [-0.25, -0.2) is 0 Å². The summed E-state index contributed by atoms with van der Waals surface area (Å²) in [6.45, 7) is 2.03. The highest BCUT2D eigenvalue weighted by Gasteiger charge is 2.48. The second-order valence-corrected chi connectivity index (χ2v) is 7.34. The highest BCUT2D eigenvalue weighted by Crippen LogP contribution is 2.57. The van der Waals surface area contributed by atoms with Gasteiger partial charge in [-0.15, -0.1) is 0 Å². The van der Waals surface area contributed by atoms with E-state index in [1.54, 1.807) is 0 Å². The van der Waals surface area contributed by atoms with E-state index < -0.39 is 0 Å². The van der Waals surface area contributed by atoms with Gasteiger partial charge in [0.2, 0.25) is 5.89 Å². The van der Waals surface area contributed by atoms with Gasteiger partial charge in [0, 0.05) is 6.42 Å². The second kappa shape index (κ2) is 4.83. The molecular formula is C16H25N3O. The van der Waals surface area contributed by atoms with Crippen LogP contribution in [0.25, 0.3) is 0 Å². The number of nitrogens with zero attached hydrogens (tertiary/aromatic N) is 2. The van der Waals surface area contributed by atoms with Crippen molar-refractivity contribution in [2.24, 2.45) is 35.3 Å². The molecular weight excluding hydrogens is 250 g/mol. The van der Waals surface area contributed by atoms with Crippen LogP contribution in [0.2, 0.25) is 0 Å². The first-order valence-corrected chi connectivity index (χ1v) is 8.31. The Hall–Kier alpha value is -0.900. The monoisotopic (exact) mass is 275 g/mol. The summed E-state index contributed by atoms with van der Waals surface area (Å²) in [6, 6.07) is -0.0402. The van der Waals surface area contributed by atoms with Crippen LogP contribution in [-0.4, -0.2) is 10.1 Å². The maximum atomic E-state index is 6.36. The van der Waals surface area contributed by atoms with Crippen molar-refractivity contribution in [2.45, 2.75) is 57.9 Å². The molecule has 4 bridgehead atoms. The third-order valence-electron chi connectivity index (χ3n) is 6.07. The molecule has 4 fully saturated rings. The summed E-state index contributed by atoms with van der Waals surface area (Å²) in [7, 11) is 0. The molecule has 0 aromatic carbocycles. The molecule has 1 aromatic heterocycles. The molecule has 1 aromatic rings. The summed E-state index contributed by atoms with van der Waals surface area (Å²) in [5.41, 5.74) is 6.36. The molecule has 0 radical (unpaired) electrons. The molecule has 2 N–H and O–H groups in total. The zero-order chi connectivity index (χ0) is 13.7. The standard InChI is InChI=1S/C16H25N3O/c1-2-15-18-16(19-20-15)14(17)8-13-11-4-9-3-10(6-11)7-12(13)5-9/h9-14H,2-8,17H2,1H3. The highest BCUT2D eigenvalue weighted by molar-refractivity contribution is 5.01. The van der Waals surface area contributed by atoms with Crippen LogP contribution in [0.1, 0.15) is 63.2 Å². The third-order valence-corrected chi connectivity index (χ3v) is 6.07. The van der Waals surface area contributed by atoms with Crippen molar-refractivity contribution >= 4 is 0 Å². The SMILES string of the molecule is CCc1nc(C(N)CC2C3CC4CC(C3)CC2C4)no1. The van der Waals surface area contributed by atoms with Crippen molar-refractivity contribution in [2.75, 3.05) is 0 Å². The molecule has 4 aliphatic rings. The predicted octanol–water partition coefficient (Wildman–Crippen LogP) is 3.09. The Morgan fingerprint density at radius 3 is 2.35 bits per heavy atom. The first kappa shape index (κ1) is 12.8. The highest BCUT2D eigenvalue weighted by atomic mass is 16.5. The zero-order valence-electron chi connectivity index (χ0n) is 12.3. The Balaban J connectivity index is 1.46. The van der Waals surface area contributed by atoms with E-state index >= 15 is 0 Å². The third kappa shape index (κ3) is 2.09. The van der Waals surface area contributed by atoms with Gasteiger partial charge in [0.1, 0.15) is 0 Å². The van der Waals surface area contributed by atoms with Gasteiger partial charge in [-0.3, -0.25) is 0 Å². The van der Waals surface area contributed by atoms with Crippen molar-refractivity contribution in [3.8, 4) is 0 Å². The predicted molar refractivity (Wildman–Crippen MR) is 75.8 cm³/mol. The summed E-state index contributed by atoms with van der Waals surface area (Å²) in [5.74, 6) is 6.14. The fourth-order valence-electron chi connectivity index (χ4n) is 5.38. The molecule has 20 heavy (non-hydrogen) atoms. The van der Waals surface area contributed by atoms with Gasteiger partial charge in [0.05, 0.1) is 6.04 Å². The van der Waals surface area contributed by atoms with Crippen LogP contribution < -0.4 is 5.73 Å². The van der Waals surface area contributed by atoms with Gasteiger partial charge in [0.15, 0.2) is 5.82 Å². The van der Waals surface area contributed by atoms with Crippen LogP contribution in [0.3, 0.4) is 0 Å². The van der Waals surface area contributed by atoms with Gasteiger partial charge >= 0.3 is 0 Å². The van der Waals surface area contributed by atoms with Crippen LogP contribution in [0, 0.1) is 29.6 Å². The number of rotatable bonds is 4. The lowest BCUT2D eigenvalue weighted by molar-refractivity contribution is -0.0423. The Morgan fingerprint density at radius 2 is 1.80 bits per heavy atom. The normalized spacial score (nSPS) is 40.2. The first-order valence-electron chi connectivity index (χ1n) is 8.31. The smallest absolute Gasteiger partial charge is 0.226 e. The summed E-state index contributed by atoms with van der Waals surface area (Å²) < 4.78 is 5.20. The van der Waals surface area contributed by atoms with Crippen LogP contribution in [0.4, 0.5) is 0 Å². The molecule has 4 nitrogen and oxygen atoms in total. The molecule has 1 heterocycles. The van der Waals surface area contributed by atoms with E-state index in [2.05, 4.69) is 10.1 Å². The number of hydrogen-bond donors (Lipinski definition) is 1.